The molecule has 0 heterocycles. The lowest BCUT2D eigenvalue weighted by atomic mass is 10.2. The second kappa shape index (κ2) is 3.77. The molecular weight excluding hydrogens is 124 g/mol. The molecule has 10 heavy (non-hydrogen) atoms. The number of allylic oxidation sites excluding steroid dienone is 4. The van der Waals surface area contributed by atoms with Gasteiger partial charge in [-0.2, -0.15) is 0 Å². The summed E-state index contributed by atoms with van der Waals surface area (Å²) in [4.78, 5) is 0. The minimum Gasteiger partial charge on any atom is -0.401 e. The largest absolute Gasteiger partial charge is 0.401 e. The van der Waals surface area contributed by atoms with E-state index in [1.165, 1.54) is 0 Å². The maximum Gasteiger partial charge on any atom is 0.0501 e. The predicted molar refractivity (Wildman–Crippen MR) is 45.0 cm³/mol. The zero-order valence-corrected chi connectivity index (χ0v) is 6.52. The standard InChI is InChI=1S/C8H14N2/c1-6(2)4-5-8(10)7(3)9/h4-5H,1,9-10H2,2-3H3/b5-4-,8-7-. The first-order chi connectivity index (χ1) is 4.54. The second-order valence-electron chi connectivity index (χ2n) is 2.32. The lowest BCUT2D eigenvalue weighted by Gasteiger charge is -1.94. The molecule has 0 aliphatic heterocycles. The van der Waals surface area contributed by atoms with Crippen molar-refractivity contribution in [3.63, 3.8) is 0 Å². The van der Waals surface area contributed by atoms with Gasteiger partial charge in [0, 0.05) is 5.70 Å². The van der Waals surface area contributed by atoms with Crippen molar-refractivity contribution in [3.05, 3.63) is 35.7 Å². The fraction of sp³-hybridized carbons (Fsp3) is 0.250. The normalized spacial score (nSPS) is 13.4. The first kappa shape index (κ1) is 8.82. The monoisotopic (exact) mass is 138 g/mol. The molecule has 2 nitrogen and oxygen atoms in total. The molecule has 0 unspecified atom stereocenters. The molecule has 0 fully saturated rings. The first-order valence-corrected chi connectivity index (χ1v) is 3.09. The fourth-order valence-corrected chi connectivity index (χ4v) is 0.363. The lowest BCUT2D eigenvalue weighted by Crippen LogP contribution is -2.03. The van der Waals surface area contributed by atoms with Gasteiger partial charge in [0.1, 0.15) is 0 Å². The molecule has 0 saturated carbocycles. The molecule has 56 valence electrons. The van der Waals surface area contributed by atoms with Crippen LogP contribution in [0.2, 0.25) is 0 Å². The van der Waals surface area contributed by atoms with Gasteiger partial charge in [-0.1, -0.05) is 18.2 Å². The molecule has 0 radical (unpaired) electrons. The predicted octanol–water partition coefficient (Wildman–Crippen LogP) is 1.27. The van der Waals surface area contributed by atoms with E-state index in [0.717, 1.165) is 5.57 Å². The van der Waals surface area contributed by atoms with Crippen LogP contribution in [0, 0.1) is 0 Å². The van der Waals surface area contributed by atoms with E-state index < -0.39 is 0 Å². The van der Waals surface area contributed by atoms with Crippen LogP contribution < -0.4 is 11.5 Å². The Bertz CT molecular complexity index is 183. The van der Waals surface area contributed by atoms with Crippen LogP contribution in [-0.4, -0.2) is 0 Å². The second-order valence-corrected chi connectivity index (χ2v) is 2.32. The van der Waals surface area contributed by atoms with Crippen molar-refractivity contribution in [1.82, 2.24) is 0 Å². The quantitative estimate of drug-likeness (QED) is 0.564. The van der Waals surface area contributed by atoms with Crippen LogP contribution in [0.5, 0.6) is 0 Å². The van der Waals surface area contributed by atoms with Crippen LogP contribution >= 0.6 is 0 Å². The summed E-state index contributed by atoms with van der Waals surface area (Å²) in [6, 6.07) is 0. The Labute approximate surface area is 61.9 Å². The average Bonchev–Trinajstić information content (AvgIpc) is 1.82. The highest BCUT2D eigenvalue weighted by Gasteiger charge is 1.84. The van der Waals surface area contributed by atoms with Crippen LogP contribution in [0.15, 0.2) is 35.7 Å². The summed E-state index contributed by atoms with van der Waals surface area (Å²) in [7, 11) is 0. The average molecular weight is 138 g/mol. The molecule has 0 amide bonds. The van der Waals surface area contributed by atoms with E-state index in [0.29, 0.717) is 11.4 Å². The van der Waals surface area contributed by atoms with Crippen molar-refractivity contribution in [1.29, 1.82) is 0 Å². The maximum atomic E-state index is 5.49. The Balaban J connectivity index is 4.16. The molecule has 0 aliphatic carbocycles. The van der Waals surface area contributed by atoms with Gasteiger partial charge in [-0.15, -0.1) is 0 Å². The molecule has 0 atom stereocenters. The number of hydrogen-bond acceptors (Lipinski definition) is 2. The topological polar surface area (TPSA) is 52.0 Å². The number of nitrogens with two attached hydrogens (primary N) is 2. The molecule has 4 N–H and O–H groups in total. The number of rotatable bonds is 2. The molecule has 0 aliphatic rings. The Hall–Kier alpha value is -1.18. The third-order valence-corrected chi connectivity index (χ3v) is 1.00. The van der Waals surface area contributed by atoms with E-state index >= 15 is 0 Å². The van der Waals surface area contributed by atoms with Gasteiger partial charge in [-0.05, 0) is 19.9 Å². The van der Waals surface area contributed by atoms with Crippen molar-refractivity contribution in [2.24, 2.45) is 11.5 Å². The van der Waals surface area contributed by atoms with Crippen LogP contribution in [0.1, 0.15) is 13.8 Å². The highest BCUT2D eigenvalue weighted by atomic mass is 14.7. The summed E-state index contributed by atoms with van der Waals surface area (Å²) in [5, 5.41) is 0. The zero-order chi connectivity index (χ0) is 8.15. The minimum absolute atomic E-state index is 0.600. The SMILES string of the molecule is C=C(C)/C=C\C(N)=C(/C)N. The summed E-state index contributed by atoms with van der Waals surface area (Å²) in [5.74, 6) is 0. The van der Waals surface area contributed by atoms with Gasteiger partial charge in [0.25, 0.3) is 0 Å². The van der Waals surface area contributed by atoms with Crippen LogP contribution in [0.25, 0.3) is 0 Å². The summed E-state index contributed by atoms with van der Waals surface area (Å²) in [5.41, 5.74) is 13.1. The van der Waals surface area contributed by atoms with Gasteiger partial charge >= 0.3 is 0 Å². The molecular formula is C8H14N2. The van der Waals surface area contributed by atoms with Gasteiger partial charge in [0.15, 0.2) is 0 Å². The first-order valence-electron chi connectivity index (χ1n) is 3.09. The summed E-state index contributed by atoms with van der Waals surface area (Å²) < 4.78 is 0. The summed E-state index contributed by atoms with van der Waals surface area (Å²) in [6.45, 7) is 7.34. The third-order valence-electron chi connectivity index (χ3n) is 1.00. The van der Waals surface area contributed by atoms with Gasteiger partial charge in [-0.25, -0.2) is 0 Å². The van der Waals surface area contributed by atoms with Gasteiger partial charge in [0.2, 0.25) is 0 Å². The molecule has 0 bridgehead atoms. The molecule has 0 aromatic heterocycles. The van der Waals surface area contributed by atoms with Crippen molar-refractivity contribution >= 4 is 0 Å². The fourth-order valence-electron chi connectivity index (χ4n) is 0.363. The third kappa shape index (κ3) is 3.78. The Morgan fingerprint density at radius 1 is 1.20 bits per heavy atom. The summed E-state index contributed by atoms with van der Waals surface area (Å²) in [6.07, 6.45) is 3.57. The van der Waals surface area contributed by atoms with E-state index in [4.69, 9.17) is 11.5 Å². The van der Waals surface area contributed by atoms with E-state index in [-0.39, 0.29) is 0 Å². The highest BCUT2D eigenvalue weighted by molar-refractivity contribution is 5.25. The van der Waals surface area contributed by atoms with E-state index in [2.05, 4.69) is 6.58 Å². The molecule has 0 saturated heterocycles. The number of hydrogen-bond donors (Lipinski definition) is 2. The van der Waals surface area contributed by atoms with Crippen LogP contribution in [-0.2, 0) is 0 Å². The maximum absolute atomic E-state index is 5.49. The highest BCUT2D eigenvalue weighted by Crippen LogP contribution is 1.95. The molecule has 0 aromatic rings. The summed E-state index contributed by atoms with van der Waals surface area (Å²) >= 11 is 0. The van der Waals surface area contributed by atoms with Crippen LogP contribution in [0.4, 0.5) is 0 Å². The van der Waals surface area contributed by atoms with Crippen molar-refractivity contribution in [3.8, 4) is 0 Å². The van der Waals surface area contributed by atoms with Gasteiger partial charge in [-0.3, -0.25) is 0 Å². The molecule has 2 heteroatoms. The Kier molecular flexibility index (Phi) is 3.33. The minimum atomic E-state index is 0.600. The molecule has 0 spiro atoms. The molecule has 0 aromatic carbocycles. The van der Waals surface area contributed by atoms with Gasteiger partial charge in [0.05, 0.1) is 5.70 Å². The van der Waals surface area contributed by atoms with Crippen molar-refractivity contribution < 1.29 is 0 Å². The Morgan fingerprint density at radius 2 is 1.70 bits per heavy atom. The van der Waals surface area contributed by atoms with Crippen molar-refractivity contribution in [2.75, 3.05) is 0 Å². The Morgan fingerprint density at radius 3 is 2.00 bits per heavy atom. The van der Waals surface area contributed by atoms with Gasteiger partial charge < -0.3 is 11.5 Å². The van der Waals surface area contributed by atoms with E-state index in [1.807, 2.05) is 13.0 Å². The zero-order valence-electron chi connectivity index (χ0n) is 6.52. The van der Waals surface area contributed by atoms with E-state index in [9.17, 15) is 0 Å². The smallest absolute Gasteiger partial charge is 0.0501 e. The lowest BCUT2D eigenvalue weighted by molar-refractivity contribution is 1.21. The van der Waals surface area contributed by atoms with E-state index in [1.54, 1.807) is 13.0 Å². The molecule has 0 rings (SSSR count). The van der Waals surface area contributed by atoms with Crippen molar-refractivity contribution in [2.45, 2.75) is 13.8 Å². The van der Waals surface area contributed by atoms with Crippen LogP contribution in [0.3, 0.4) is 0 Å².